The summed E-state index contributed by atoms with van der Waals surface area (Å²) in [5.74, 6) is 1.37. The van der Waals surface area contributed by atoms with Gasteiger partial charge in [0.05, 0.1) is 5.92 Å². The molecule has 1 saturated heterocycles. The van der Waals surface area contributed by atoms with E-state index < -0.39 is 5.97 Å². The summed E-state index contributed by atoms with van der Waals surface area (Å²) in [6.45, 7) is 2.98. The molecule has 2 aliphatic rings. The molecule has 3 rings (SSSR count). The number of carboxylic acid groups (broad SMARTS) is 1. The van der Waals surface area contributed by atoms with Gasteiger partial charge in [0, 0.05) is 25.9 Å². The molecule has 1 fully saturated rings. The van der Waals surface area contributed by atoms with Crippen LogP contribution in [0.15, 0.2) is 0 Å². The molecule has 2 aliphatic heterocycles. The molecule has 0 radical (unpaired) electrons. The number of fused-ring (bicyclic) bond motifs is 1. The van der Waals surface area contributed by atoms with Gasteiger partial charge >= 0.3 is 5.97 Å². The number of nitrogens with zero attached hydrogens (tertiary/aromatic N) is 4. The fourth-order valence-electron chi connectivity index (χ4n) is 3.35. The standard InChI is InChI=1S/C14H22N4O2/c1-17-5-2-3-10(9-17)7-12-15-13-8-11(14(19)20)4-6-18(13)16-12/h10-11H,2-9H2,1H3,(H,19,20). The highest BCUT2D eigenvalue weighted by atomic mass is 16.4. The van der Waals surface area contributed by atoms with Crippen LogP contribution in [0.25, 0.3) is 0 Å². The van der Waals surface area contributed by atoms with Crippen LogP contribution in [0.3, 0.4) is 0 Å². The lowest BCUT2D eigenvalue weighted by molar-refractivity contribution is -0.142. The van der Waals surface area contributed by atoms with Crippen LogP contribution in [-0.2, 0) is 24.2 Å². The topological polar surface area (TPSA) is 71.2 Å². The number of likely N-dealkylation sites (tertiary alicyclic amines) is 1. The average molecular weight is 278 g/mol. The van der Waals surface area contributed by atoms with E-state index in [1.807, 2.05) is 4.68 Å². The second-order valence-electron chi connectivity index (χ2n) is 6.17. The molecule has 110 valence electrons. The fourth-order valence-corrected chi connectivity index (χ4v) is 3.35. The van der Waals surface area contributed by atoms with E-state index in [4.69, 9.17) is 5.11 Å². The highest BCUT2D eigenvalue weighted by Crippen LogP contribution is 2.22. The second-order valence-corrected chi connectivity index (χ2v) is 6.17. The summed E-state index contributed by atoms with van der Waals surface area (Å²) in [6, 6.07) is 0. The number of carboxylic acids is 1. The molecule has 2 unspecified atom stereocenters. The third-order valence-electron chi connectivity index (χ3n) is 4.45. The molecule has 3 heterocycles. The number of piperidine rings is 1. The maximum Gasteiger partial charge on any atom is 0.307 e. The van der Waals surface area contributed by atoms with Gasteiger partial charge in [0.25, 0.3) is 0 Å². The third kappa shape index (κ3) is 2.85. The Hall–Kier alpha value is -1.43. The minimum absolute atomic E-state index is 0.291. The van der Waals surface area contributed by atoms with Crippen molar-refractivity contribution >= 4 is 5.97 Å². The second kappa shape index (κ2) is 5.52. The summed E-state index contributed by atoms with van der Waals surface area (Å²) < 4.78 is 1.90. The van der Waals surface area contributed by atoms with Crippen LogP contribution in [-0.4, -0.2) is 50.9 Å². The summed E-state index contributed by atoms with van der Waals surface area (Å²) in [4.78, 5) is 18.0. The van der Waals surface area contributed by atoms with Crippen molar-refractivity contribution in [1.82, 2.24) is 19.7 Å². The van der Waals surface area contributed by atoms with Crippen molar-refractivity contribution in [2.45, 2.75) is 38.6 Å². The van der Waals surface area contributed by atoms with Crippen LogP contribution in [0.5, 0.6) is 0 Å². The van der Waals surface area contributed by atoms with Gasteiger partial charge in [0.15, 0.2) is 5.82 Å². The van der Waals surface area contributed by atoms with E-state index in [9.17, 15) is 4.79 Å². The molecule has 1 aromatic heterocycles. The highest BCUT2D eigenvalue weighted by molar-refractivity contribution is 5.70. The lowest BCUT2D eigenvalue weighted by atomic mass is 9.95. The van der Waals surface area contributed by atoms with Crippen LogP contribution in [0.1, 0.15) is 30.9 Å². The quantitative estimate of drug-likeness (QED) is 0.886. The van der Waals surface area contributed by atoms with E-state index in [1.54, 1.807) is 0 Å². The van der Waals surface area contributed by atoms with E-state index in [0.29, 0.717) is 25.3 Å². The Kier molecular flexibility index (Phi) is 3.74. The molecule has 0 aromatic carbocycles. The Morgan fingerprint density at radius 2 is 2.25 bits per heavy atom. The minimum atomic E-state index is -0.713. The molecule has 6 heteroatoms. The first-order chi connectivity index (χ1) is 9.61. The van der Waals surface area contributed by atoms with Crippen molar-refractivity contribution < 1.29 is 9.90 Å². The average Bonchev–Trinajstić information content (AvgIpc) is 2.79. The summed E-state index contributed by atoms with van der Waals surface area (Å²) in [6.07, 6.45) is 4.59. The number of aromatic nitrogens is 3. The van der Waals surface area contributed by atoms with E-state index in [0.717, 1.165) is 24.6 Å². The lowest BCUT2D eigenvalue weighted by Gasteiger charge is -2.28. The van der Waals surface area contributed by atoms with Crippen LogP contribution in [0, 0.1) is 11.8 Å². The molecule has 0 amide bonds. The first-order valence-electron chi connectivity index (χ1n) is 7.46. The highest BCUT2D eigenvalue weighted by Gasteiger charge is 2.27. The third-order valence-corrected chi connectivity index (χ3v) is 4.45. The van der Waals surface area contributed by atoms with Crippen molar-refractivity contribution in [3.05, 3.63) is 11.6 Å². The van der Waals surface area contributed by atoms with Gasteiger partial charge in [-0.3, -0.25) is 4.79 Å². The predicted octanol–water partition coefficient (Wildman–Crippen LogP) is 0.809. The molecule has 20 heavy (non-hydrogen) atoms. The Balaban J connectivity index is 1.66. The summed E-state index contributed by atoms with van der Waals surface area (Å²) in [7, 11) is 2.16. The maximum atomic E-state index is 11.1. The number of hydrogen-bond acceptors (Lipinski definition) is 4. The van der Waals surface area contributed by atoms with Crippen LogP contribution in [0.2, 0.25) is 0 Å². The van der Waals surface area contributed by atoms with Crippen molar-refractivity contribution in [3.63, 3.8) is 0 Å². The largest absolute Gasteiger partial charge is 0.481 e. The lowest BCUT2D eigenvalue weighted by Crippen LogP contribution is -2.33. The van der Waals surface area contributed by atoms with E-state index >= 15 is 0 Å². The van der Waals surface area contributed by atoms with Gasteiger partial charge in [-0.15, -0.1) is 0 Å². The zero-order valence-electron chi connectivity index (χ0n) is 12.0. The molecule has 1 N–H and O–H groups in total. The number of aliphatic carboxylic acids is 1. The van der Waals surface area contributed by atoms with Gasteiger partial charge in [0.1, 0.15) is 5.82 Å². The molecule has 1 aromatic rings. The van der Waals surface area contributed by atoms with Gasteiger partial charge in [-0.25, -0.2) is 9.67 Å². The van der Waals surface area contributed by atoms with Crippen LogP contribution in [0.4, 0.5) is 0 Å². The molecular weight excluding hydrogens is 256 g/mol. The SMILES string of the molecule is CN1CCCC(Cc2nc3n(n2)CCC(C(=O)O)C3)C1. The Morgan fingerprint density at radius 1 is 1.40 bits per heavy atom. The van der Waals surface area contributed by atoms with Crippen molar-refractivity contribution in [1.29, 1.82) is 0 Å². The van der Waals surface area contributed by atoms with Crippen molar-refractivity contribution in [2.75, 3.05) is 20.1 Å². The Labute approximate surface area is 118 Å². The maximum absolute atomic E-state index is 11.1. The predicted molar refractivity (Wildman–Crippen MR) is 73.4 cm³/mol. The zero-order chi connectivity index (χ0) is 14.1. The number of carbonyl (C=O) groups is 1. The number of rotatable bonds is 3. The van der Waals surface area contributed by atoms with Gasteiger partial charge in [-0.05, 0) is 38.8 Å². The first kappa shape index (κ1) is 13.5. The Morgan fingerprint density at radius 3 is 3.00 bits per heavy atom. The van der Waals surface area contributed by atoms with Gasteiger partial charge in [-0.2, -0.15) is 5.10 Å². The summed E-state index contributed by atoms with van der Waals surface area (Å²) >= 11 is 0. The number of hydrogen-bond donors (Lipinski definition) is 1. The molecule has 6 nitrogen and oxygen atoms in total. The molecular formula is C14H22N4O2. The van der Waals surface area contributed by atoms with E-state index in [2.05, 4.69) is 22.0 Å². The van der Waals surface area contributed by atoms with Gasteiger partial charge in [-0.1, -0.05) is 0 Å². The fraction of sp³-hybridized carbons (Fsp3) is 0.786. The Bertz CT molecular complexity index is 499. The van der Waals surface area contributed by atoms with Crippen molar-refractivity contribution in [3.8, 4) is 0 Å². The molecule has 0 aliphatic carbocycles. The normalized spacial score (nSPS) is 27.2. The minimum Gasteiger partial charge on any atom is -0.481 e. The first-order valence-corrected chi connectivity index (χ1v) is 7.46. The van der Waals surface area contributed by atoms with Crippen LogP contribution >= 0.6 is 0 Å². The van der Waals surface area contributed by atoms with Crippen molar-refractivity contribution in [2.24, 2.45) is 11.8 Å². The zero-order valence-corrected chi connectivity index (χ0v) is 12.0. The van der Waals surface area contributed by atoms with Crippen LogP contribution < -0.4 is 0 Å². The summed E-state index contributed by atoms with van der Waals surface area (Å²) in [5, 5.41) is 13.7. The van der Waals surface area contributed by atoms with E-state index in [1.165, 1.54) is 19.4 Å². The smallest absolute Gasteiger partial charge is 0.307 e. The van der Waals surface area contributed by atoms with Gasteiger partial charge < -0.3 is 10.0 Å². The monoisotopic (exact) mass is 278 g/mol. The molecule has 0 saturated carbocycles. The molecule has 0 bridgehead atoms. The molecule has 0 spiro atoms. The van der Waals surface area contributed by atoms with Gasteiger partial charge in [0.2, 0.25) is 0 Å². The molecule has 2 atom stereocenters. The van der Waals surface area contributed by atoms with E-state index in [-0.39, 0.29) is 5.92 Å². The number of aryl methyl sites for hydroxylation is 1. The summed E-state index contributed by atoms with van der Waals surface area (Å²) in [5.41, 5.74) is 0.